The van der Waals surface area contributed by atoms with E-state index in [-0.39, 0.29) is 24.8 Å². The van der Waals surface area contributed by atoms with Crippen LogP contribution in [0.5, 0.6) is 0 Å². The maximum atomic E-state index is 5.94. The van der Waals surface area contributed by atoms with Gasteiger partial charge in [0.25, 0.3) is 0 Å². The van der Waals surface area contributed by atoms with E-state index in [2.05, 4.69) is 16.4 Å². The summed E-state index contributed by atoms with van der Waals surface area (Å²) >= 11 is 5.94. The highest BCUT2D eigenvalue weighted by atomic mass is 35.5. The van der Waals surface area contributed by atoms with Crippen molar-refractivity contribution in [2.24, 2.45) is 11.8 Å². The summed E-state index contributed by atoms with van der Waals surface area (Å²) in [6.07, 6.45) is 7.15. The van der Waals surface area contributed by atoms with Crippen LogP contribution in [0, 0.1) is 11.8 Å². The Hall–Kier alpha value is -0.280. The van der Waals surface area contributed by atoms with Gasteiger partial charge in [0.15, 0.2) is 0 Å². The van der Waals surface area contributed by atoms with Crippen LogP contribution in [0.25, 0.3) is 5.57 Å². The van der Waals surface area contributed by atoms with Gasteiger partial charge in [0.2, 0.25) is 0 Å². The van der Waals surface area contributed by atoms with Gasteiger partial charge in [0, 0.05) is 18.9 Å². The first-order chi connectivity index (χ1) is 7.33. The summed E-state index contributed by atoms with van der Waals surface area (Å²) in [6, 6.07) is 2.01. The number of aromatic nitrogens is 1. The van der Waals surface area contributed by atoms with E-state index in [1.807, 2.05) is 12.3 Å². The Morgan fingerprint density at radius 2 is 2.06 bits per heavy atom. The van der Waals surface area contributed by atoms with Gasteiger partial charge in [0.1, 0.15) is 0 Å². The molecule has 1 aromatic rings. The zero-order valence-electron chi connectivity index (χ0n) is 9.23. The summed E-state index contributed by atoms with van der Waals surface area (Å²) < 4.78 is 0. The van der Waals surface area contributed by atoms with E-state index in [1.165, 1.54) is 17.6 Å². The normalized spacial score (nSPS) is 25.6. The number of nitrogens with one attached hydrogen (secondary N) is 1. The van der Waals surface area contributed by atoms with Gasteiger partial charge in [-0.05, 0) is 42.0 Å². The molecule has 1 aromatic heterocycles. The lowest BCUT2D eigenvalue weighted by Gasteiger charge is -2.06. The predicted molar refractivity (Wildman–Crippen MR) is 76.2 cm³/mol. The molecule has 0 saturated carbocycles. The third kappa shape index (κ3) is 2.94. The van der Waals surface area contributed by atoms with Gasteiger partial charge in [-0.3, -0.25) is 4.98 Å². The first kappa shape index (κ1) is 14.8. The molecular formula is C12H15Cl3N2. The summed E-state index contributed by atoms with van der Waals surface area (Å²) in [5.41, 5.74) is 2.61. The number of rotatable bonds is 1. The van der Waals surface area contributed by atoms with Crippen LogP contribution < -0.4 is 5.32 Å². The van der Waals surface area contributed by atoms with E-state index in [0.29, 0.717) is 0 Å². The van der Waals surface area contributed by atoms with E-state index in [0.717, 1.165) is 29.9 Å². The molecule has 0 aromatic carbocycles. The van der Waals surface area contributed by atoms with Gasteiger partial charge in [-0.15, -0.1) is 24.8 Å². The van der Waals surface area contributed by atoms with Crippen molar-refractivity contribution in [1.82, 2.24) is 10.3 Å². The highest BCUT2D eigenvalue weighted by molar-refractivity contribution is 6.30. The lowest BCUT2D eigenvalue weighted by molar-refractivity contribution is 0.536. The average Bonchev–Trinajstić information content (AvgIpc) is 2.76. The second-order valence-corrected chi connectivity index (χ2v) is 4.81. The van der Waals surface area contributed by atoms with Crippen molar-refractivity contribution in [2.45, 2.75) is 6.42 Å². The number of pyridine rings is 1. The largest absolute Gasteiger partial charge is 0.316 e. The third-order valence-electron chi connectivity index (χ3n) is 3.37. The van der Waals surface area contributed by atoms with Gasteiger partial charge in [0.05, 0.1) is 5.02 Å². The highest BCUT2D eigenvalue weighted by Crippen LogP contribution is 2.38. The molecule has 2 aliphatic rings. The fourth-order valence-electron chi connectivity index (χ4n) is 2.58. The lowest BCUT2D eigenvalue weighted by Crippen LogP contribution is -2.09. The minimum atomic E-state index is 0. The van der Waals surface area contributed by atoms with Gasteiger partial charge in [-0.2, -0.15) is 0 Å². The van der Waals surface area contributed by atoms with E-state index in [1.54, 1.807) is 6.20 Å². The molecule has 94 valence electrons. The Morgan fingerprint density at radius 3 is 2.76 bits per heavy atom. The molecular weight excluding hydrogens is 279 g/mol. The molecule has 0 spiro atoms. The molecule has 17 heavy (non-hydrogen) atoms. The molecule has 0 bridgehead atoms. The molecule has 1 N–H and O–H groups in total. The topological polar surface area (TPSA) is 24.9 Å². The molecule has 3 rings (SSSR count). The van der Waals surface area contributed by atoms with E-state index in [9.17, 15) is 0 Å². The maximum Gasteiger partial charge on any atom is 0.0595 e. The monoisotopic (exact) mass is 292 g/mol. The van der Waals surface area contributed by atoms with Crippen molar-refractivity contribution < 1.29 is 0 Å². The minimum Gasteiger partial charge on any atom is -0.316 e. The minimum absolute atomic E-state index is 0. The number of allylic oxidation sites excluding steroid dienone is 1. The summed E-state index contributed by atoms with van der Waals surface area (Å²) in [6.45, 7) is 2.28. The van der Waals surface area contributed by atoms with Gasteiger partial charge < -0.3 is 5.32 Å². The van der Waals surface area contributed by atoms with Crippen LogP contribution in [0.15, 0.2) is 24.5 Å². The van der Waals surface area contributed by atoms with Gasteiger partial charge >= 0.3 is 0 Å². The number of hydrogen-bond donors (Lipinski definition) is 1. The van der Waals surface area contributed by atoms with Crippen molar-refractivity contribution >= 4 is 42.0 Å². The first-order valence-corrected chi connectivity index (χ1v) is 5.73. The number of halogens is 3. The molecule has 0 amide bonds. The van der Waals surface area contributed by atoms with E-state index >= 15 is 0 Å². The second-order valence-electron chi connectivity index (χ2n) is 4.37. The standard InChI is InChI=1S/C12H13ClN2.2ClH/c13-12-3-11(6-15-7-12)8-1-9-4-14-5-10(9)2-8;;/h1,3,6-7,9-10,14H,2,4-5H2;2*1H/t9-,10+;;/m1../s1. The molecule has 2 nitrogen and oxygen atoms in total. The van der Waals surface area contributed by atoms with Crippen LogP contribution in [-0.2, 0) is 0 Å². The average molecular weight is 294 g/mol. The predicted octanol–water partition coefficient (Wildman–Crippen LogP) is 3.20. The van der Waals surface area contributed by atoms with Crippen LogP contribution in [0.4, 0.5) is 0 Å². The summed E-state index contributed by atoms with van der Waals surface area (Å²) in [4.78, 5) is 4.13. The number of fused-ring (bicyclic) bond motifs is 1. The molecule has 2 atom stereocenters. The Balaban J connectivity index is 0.000000722. The van der Waals surface area contributed by atoms with Crippen LogP contribution in [0.1, 0.15) is 12.0 Å². The number of nitrogens with zero attached hydrogens (tertiary/aromatic N) is 1. The summed E-state index contributed by atoms with van der Waals surface area (Å²) in [5.74, 6) is 1.51. The van der Waals surface area contributed by atoms with Crippen molar-refractivity contribution in [3.8, 4) is 0 Å². The fourth-order valence-corrected chi connectivity index (χ4v) is 2.76. The Morgan fingerprint density at radius 1 is 1.24 bits per heavy atom. The Kier molecular flexibility index (Phi) is 5.26. The maximum absolute atomic E-state index is 5.94. The second kappa shape index (κ2) is 6.05. The molecule has 5 heteroatoms. The molecule has 0 unspecified atom stereocenters. The highest BCUT2D eigenvalue weighted by Gasteiger charge is 2.31. The van der Waals surface area contributed by atoms with Crippen molar-refractivity contribution in [1.29, 1.82) is 0 Å². The van der Waals surface area contributed by atoms with E-state index in [4.69, 9.17) is 11.6 Å². The SMILES string of the molecule is Cl.Cl.Clc1cncc(C2=C[C@@H]3CNC[C@@H]3C2)c1. The summed E-state index contributed by atoms with van der Waals surface area (Å²) in [5, 5.41) is 4.15. The van der Waals surface area contributed by atoms with Crippen LogP contribution in [0.2, 0.25) is 5.02 Å². The van der Waals surface area contributed by atoms with Crippen LogP contribution >= 0.6 is 36.4 Å². The number of hydrogen-bond acceptors (Lipinski definition) is 2. The zero-order chi connectivity index (χ0) is 10.3. The first-order valence-electron chi connectivity index (χ1n) is 5.35. The molecule has 2 heterocycles. The van der Waals surface area contributed by atoms with Crippen LogP contribution in [-0.4, -0.2) is 18.1 Å². The van der Waals surface area contributed by atoms with Gasteiger partial charge in [-0.25, -0.2) is 0 Å². The van der Waals surface area contributed by atoms with E-state index < -0.39 is 0 Å². The third-order valence-corrected chi connectivity index (χ3v) is 3.57. The van der Waals surface area contributed by atoms with Crippen molar-refractivity contribution in [2.75, 3.05) is 13.1 Å². The Labute approximate surface area is 119 Å². The van der Waals surface area contributed by atoms with Crippen molar-refractivity contribution in [3.63, 3.8) is 0 Å². The molecule has 1 aliphatic carbocycles. The summed E-state index contributed by atoms with van der Waals surface area (Å²) in [7, 11) is 0. The molecule has 0 radical (unpaired) electrons. The zero-order valence-corrected chi connectivity index (χ0v) is 11.6. The molecule has 1 fully saturated rings. The lowest BCUT2D eigenvalue weighted by atomic mass is 9.99. The van der Waals surface area contributed by atoms with Crippen LogP contribution in [0.3, 0.4) is 0 Å². The van der Waals surface area contributed by atoms with Gasteiger partial charge in [-0.1, -0.05) is 17.7 Å². The molecule has 1 aliphatic heterocycles. The Bertz CT molecular complexity index is 420. The quantitative estimate of drug-likeness (QED) is 0.860. The van der Waals surface area contributed by atoms with Crippen molar-refractivity contribution in [3.05, 3.63) is 35.1 Å². The fraction of sp³-hybridized carbons (Fsp3) is 0.417. The molecule has 1 saturated heterocycles. The smallest absolute Gasteiger partial charge is 0.0595 e.